The van der Waals surface area contributed by atoms with E-state index in [1.807, 2.05) is 0 Å². The monoisotopic (exact) mass is 592 g/mol. The molecule has 0 radical (unpaired) electrons. The Morgan fingerprint density at radius 2 is 1.02 bits per heavy atom. The second kappa shape index (κ2) is 11.1. The van der Waals surface area contributed by atoms with Crippen LogP contribution >= 0.6 is 0 Å². The molecule has 0 saturated carbocycles. The highest BCUT2D eigenvalue weighted by Gasteiger charge is 2.20. The molecule has 2 aromatic heterocycles. The van der Waals surface area contributed by atoms with Crippen LogP contribution in [0.15, 0.2) is 174 Å². The summed E-state index contributed by atoms with van der Waals surface area (Å²) in [4.78, 5) is 2.31. The lowest BCUT2D eigenvalue weighted by atomic mass is 10.00. The van der Waals surface area contributed by atoms with Crippen LogP contribution in [0.2, 0.25) is 0 Å². The number of hydrogen-bond acceptors (Lipinski definition) is 2. The molecule has 0 aliphatic rings. The molecule has 9 aromatic rings. The first kappa shape index (κ1) is 27.5. The van der Waals surface area contributed by atoms with Crippen molar-refractivity contribution in [1.29, 1.82) is 0 Å². The number of anilines is 3. The molecular weight excluding hydrogens is 560 g/mol. The maximum absolute atomic E-state index is 6.46. The van der Waals surface area contributed by atoms with Gasteiger partial charge in [0.2, 0.25) is 0 Å². The third-order valence-corrected chi connectivity index (χ3v) is 8.76. The van der Waals surface area contributed by atoms with Crippen molar-refractivity contribution in [1.82, 2.24) is 4.57 Å². The topological polar surface area (TPSA) is 21.3 Å². The fraction of sp³-hybridized carbons (Fsp3) is 0.0233. The Bertz CT molecular complexity index is 2440. The Morgan fingerprint density at radius 1 is 0.435 bits per heavy atom. The third kappa shape index (κ3) is 4.36. The van der Waals surface area contributed by atoms with Crippen molar-refractivity contribution in [3.05, 3.63) is 170 Å². The summed E-state index contributed by atoms with van der Waals surface area (Å²) in [6.45, 7) is 0. The molecule has 220 valence electrons. The summed E-state index contributed by atoms with van der Waals surface area (Å²) in [7, 11) is 0. The highest BCUT2D eigenvalue weighted by Crippen LogP contribution is 2.44. The predicted molar refractivity (Wildman–Crippen MR) is 195 cm³/mol. The van der Waals surface area contributed by atoms with Crippen molar-refractivity contribution in [2.75, 3.05) is 4.90 Å². The van der Waals surface area contributed by atoms with E-state index in [2.05, 4.69) is 179 Å². The molecule has 0 atom stereocenters. The van der Waals surface area contributed by atoms with Gasteiger partial charge >= 0.3 is 0 Å². The number of hydrogen-bond donors (Lipinski definition) is 0. The Hall–Kier alpha value is -6.06. The van der Waals surface area contributed by atoms with Crippen LogP contribution in [-0.2, 0) is 0 Å². The zero-order chi connectivity index (χ0) is 29.7. The molecular formula is C43H32N2O. The first-order valence-electron chi connectivity index (χ1n) is 15.3. The van der Waals surface area contributed by atoms with E-state index < -0.39 is 0 Å². The number of furan rings is 1. The van der Waals surface area contributed by atoms with E-state index in [0.29, 0.717) is 0 Å². The van der Waals surface area contributed by atoms with Gasteiger partial charge in [-0.3, -0.25) is 0 Å². The molecule has 46 heavy (non-hydrogen) atoms. The van der Waals surface area contributed by atoms with Crippen molar-refractivity contribution >= 4 is 60.8 Å². The Morgan fingerprint density at radius 3 is 1.74 bits per heavy atom. The molecule has 0 spiro atoms. The van der Waals surface area contributed by atoms with Gasteiger partial charge in [0.1, 0.15) is 11.2 Å². The number of para-hydroxylation sites is 4. The molecule has 3 heteroatoms. The van der Waals surface area contributed by atoms with E-state index in [-0.39, 0.29) is 7.43 Å². The van der Waals surface area contributed by atoms with Crippen LogP contribution in [-0.4, -0.2) is 4.57 Å². The van der Waals surface area contributed by atoms with E-state index in [0.717, 1.165) is 50.3 Å². The Balaban J connectivity index is 0.00000312. The summed E-state index contributed by atoms with van der Waals surface area (Å²) in [6.07, 6.45) is 0. The first-order chi connectivity index (χ1) is 22.3. The number of nitrogens with zero attached hydrogens (tertiary/aromatic N) is 2. The molecule has 0 N–H and O–H groups in total. The predicted octanol–water partition coefficient (Wildman–Crippen LogP) is 12.5. The fourth-order valence-electron chi connectivity index (χ4n) is 6.76. The first-order valence-corrected chi connectivity index (χ1v) is 15.3. The van der Waals surface area contributed by atoms with Gasteiger partial charge in [0.15, 0.2) is 0 Å². The lowest BCUT2D eigenvalue weighted by Gasteiger charge is -2.26. The quantitative estimate of drug-likeness (QED) is 0.198. The van der Waals surface area contributed by atoms with Crippen LogP contribution in [0.5, 0.6) is 0 Å². The van der Waals surface area contributed by atoms with E-state index >= 15 is 0 Å². The van der Waals surface area contributed by atoms with Gasteiger partial charge in [-0.15, -0.1) is 0 Å². The van der Waals surface area contributed by atoms with Crippen LogP contribution < -0.4 is 4.90 Å². The van der Waals surface area contributed by atoms with Crippen molar-refractivity contribution < 1.29 is 4.42 Å². The lowest BCUT2D eigenvalue weighted by Crippen LogP contribution is -2.09. The summed E-state index contributed by atoms with van der Waals surface area (Å²) >= 11 is 0. The average Bonchev–Trinajstić information content (AvgIpc) is 3.65. The van der Waals surface area contributed by atoms with Crippen LogP contribution in [0.4, 0.5) is 17.1 Å². The van der Waals surface area contributed by atoms with Gasteiger partial charge in [-0.05, 0) is 90.0 Å². The van der Waals surface area contributed by atoms with E-state index in [9.17, 15) is 0 Å². The second-order valence-corrected chi connectivity index (χ2v) is 11.4. The van der Waals surface area contributed by atoms with Gasteiger partial charge in [-0.1, -0.05) is 98.4 Å². The Kier molecular flexibility index (Phi) is 6.66. The van der Waals surface area contributed by atoms with Crippen molar-refractivity contribution in [2.45, 2.75) is 7.43 Å². The van der Waals surface area contributed by atoms with Crippen LogP contribution in [0.3, 0.4) is 0 Å². The highest BCUT2D eigenvalue weighted by atomic mass is 16.3. The molecule has 9 rings (SSSR count). The smallest absolute Gasteiger partial charge is 0.137 e. The van der Waals surface area contributed by atoms with Crippen molar-refractivity contribution in [3.63, 3.8) is 0 Å². The van der Waals surface area contributed by atoms with Gasteiger partial charge in [0, 0.05) is 33.2 Å². The summed E-state index contributed by atoms with van der Waals surface area (Å²) in [5.41, 5.74) is 10.9. The number of aromatic nitrogens is 1. The van der Waals surface area contributed by atoms with Gasteiger partial charge < -0.3 is 13.9 Å². The maximum Gasteiger partial charge on any atom is 0.137 e. The van der Waals surface area contributed by atoms with Crippen molar-refractivity contribution in [3.8, 4) is 16.8 Å². The molecule has 0 bridgehead atoms. The van der Waals surface area contributed by atoms with Gasteiger partial charge in [-0.25, -0.2) is 0 Å². The van der Waals surface area contributed by atoms with Crippen LogP contribution in [0, 0.1) is 0 Å². The SMILES string of the molecule is C.c1ccc(N(c2ccccc2)c2cccc3oc4ccc(-c5ccc6c(c5)c5ccccc5n6-c5ccccc5)cc4c23)cc1. The van der Waals surface area contributed by atoms with Gasteiger partial charge in [0.25, 0.3) is 0 Å². The van der Waals surface area contributed by atoms with Crippen molar-refractivity contribution in [2.24, 2.45) is 0 Å². The molecule has 0 aliphatic heterocycles. The third-order valence-electron chi connectivity index (χ3n) is 8.76. The number of benzene rings is 7. The van der Waals surface area contributed by atoms with E-state index in [1.165, 1.54) is 27.4 Å². The normalized spacial score (nSPS) is 11.3. The Labute approximate surface area is 268 Å². The van der Waals surface area contributed by atoms with E-state index in [4.69, 9.17) is 4.42 Å². The minimum atomic E-state index is 0. The summed E-state index contributed by atoms with van der Waals surface area (Å²) in [5.74, 6) is 0. The molecule has 0 amide bonds. The molecule has 0 saturated heterocycles. The molecule has 0 fully saturated rings. The molecule has 2 heterocycles. The summed E-state index contributed by atoms with van der Waals surface area (Å²) in [6, 6.07) is 60.1. The highest BCUT2D eigenvalue weighted by molar-refractivity contribution is 6.15. The molecule has 3 nitrogen and oxygen atoms in total. The fourth-order valence-corrected chi connectivity index (χ4v) is 6.76. The molecule has 7 aromatic carbocycles. The lowest BCUT2D eigenvalue weighted by molar-refractivity contribution is 0.669. The minimum Gasteiger partial charge on any atom is -0.456 e. The largest absolute Gasteiger partial charge is 0.456 e. The maximum atomic E-state index is 6.46. The number of fused-ring (bicyclic) bond motifs is 6. The van der Waals surface area contributed by atoms with Gasteiger partial charge in [-0.2, -0.15) is 0 Å². The molecule has 0 unspecified atom stereocenters. The van der Waals surface area contributed by atoms with E-state index in [1.54, 1.807) is 0 Å². The summed E-state index contributed by atoms with van der Waals surface area (Å²) < 4.78 is 8.81. The van der Waals surface area contributed by atoms with Gasteiger partial charge in [0.05, 0.1) is 22.1 Å². The summed E-state index contributed by atoms with van der Waals surface area (Å²) in [5, 5.41) is 4.69. The average molecular weight is 593 g/mol. The second-order valence-electron chi connectivity index (χ2n) is 11.4. The van der Waals surface area contributed by atoms with Crippen LogP contribution in [0.25, 0.3) is 60.6 Å². The van der Waals surface area contributed by atoms with Crippen LogP contribution in [0.1, 0.15) is 7.43 Å². The standard InChI is InChI=1S/C42H28N2O.CH4/c1-4-13-31(14-5-1)43(32-15-6-2-7-16-32)39-21-12-22-41-42(39)36-28-30(24-26-40(36)45-41)29-23-25-38-35(27-29)34-19-10-11-20-37(34)44(38)33-17-8-3-9-18-33;/h1-28H;1H4. The number of rotatable bonds is 5. The minimum absolute atomic E-state index is 0. The molecule has 0 aliphatic carbocycles. The zero-order valence-corrected chi connectivity index (χ0v) is 24.5. The zero-order valence-electron chi connectivity index (χ0n) is 24.5.